The predicted octanol–water partition coefficient (Wildman–Crippen LogP) is 14.9. The molecule has 0 saturated carbocycles. The number of rotatable bonds is 45. The Morgan fingerprint density at radius 2 is 0.933 bits per heavy atom. The molecule has 0 spiro atoms. The van der Waals surface area contributed by atoms with Crippen LogP contribution in [0.4, 0.5) is 0 Å². The topological polar surface area (TPSA) is 117 Å². The zero-order chi connectivity index (χ0) is 43.7. The molecule has 0 rings (SSSR count). The van der Waals surface area contributed by atoms with E-state index >= 15 is 0 Å². The van der Waals surface area contributed by atoms with E-state index in [1.165, 1.54) is 89.9 Å². The quantitative estimate of drug-likeness (QED) is 0.0269. The predicted molar refractivity (Wildman–Crippen MR) is 256 cm³/mol. The number of carbonyl (C=O) groups is 1. The minimum atomic E-state index is -4.29. The van der Waals surface area contributed by atoms with Gasteiger partial charge in [-0.15, -0.1) is 0 Å². The first kappa shape index (κ1) is 57.7. The number of esters is 1. The van der Waals surface area contributed by atoms with Gasteiger partial charge in [0.15, 0.2) is 0 Å². The molecule has 2 atom stereocenters. The molecule has 0 bridgehead atoms. The molecule has 3 N–H and O–H groups in total. The van der Waals surface area contributed by atoms with Gasteiger partial charge in [-0.2, -0.15) is 0 Å². The van der Waals surface area contributed by atoms with Gasteiger partial charge in [0.05, 0.1) is 19.8 Å². The summed E-state index contributed by atoms with van der Waals surface area (Å²) in [5, 5.41) is 0. The van der Waals surface area contributed by atoms with Gasteiger partial charge in [0.25, 0.3) is 0 Å². The Kier molecular flexibility index (Phi) is 45.9. The van der Waals surface area contributed by atoms with Crippen molar-refractivity contribution >= 4 is 13.8 Å². The molecule has 0 saturated heterocycles. The van der Waals surface area contributed by atoms with Gasteiger partial charge in [0.2, 0.25) is 0 Å². The molecule has 2 unspecified atom stereocenters. The number of hydrogen-bond donors (Lipinski definition) is 2. The van der Waals surface area contributed by atoms with E-state index in [9.17, 15) is 14.3 Å². The van der Waals surface area contributed by atoms with Crippen LogP contribution in [0.1, 0.15) is 194 Å². The molecule has 8 nitrogen and oxygen atoms in total. The zero-order valence-electron chi connectivity index (χ0n) is 38.4. The second-order valence-electron chi connectivity index (χ2n) is 15.6. The van der Waals surface area contributed by atoms with Crippen molar-refractivity contribution in [1.82, 2.24) is 0 Å². The van der Waals surface area contributed by atoms with Gasteiger partial charge in [0.1, 0.15) is 6.10 Å². The van der Waals surface area contributed by atoms with Crippen LogP contribution in [0.2, 0.25) is 0 Å². The molecule has 0 fully saturated rings. The molecule has 0 heterocycles. The van der Waals surface area contributed by atoms with E-state index in [1.54, 1.807) is 0 Å². The molecule has 346 valence electrons. The third-order valence-electron chi connectivity index (χ3n) is 9.80. The number of nitrogens with two attached hydrogens (primary N) is 1. The summed E-state index contributed by atoms with van der Waals surface area (Å²) in [7, 11) is -4.29. The van der Waals surface area contributed by atoms with Crippen LogP contribution in [0.3, 0.4) is 0 Å². The molecular formula is C51H90NO7P. The van der Waals surface area contributed by atoms with Crippen LogP contribution < -0.4 is 5.73 Å². The summed E-state index contributed by atoms with van der Waals surface area (Å²) >= 11 is 0. The molecule has 0 aromatic carbocycles. The summed E-state index contributed by atoms with van der Waals surface area (Å²) in [4.78, 5) is 22.6. The van der Waals surface area contributed by atoms with Gasteiger partial charge in [-0.25, -0.2) is 4.57 Å². The molecular weight excluding hydrogens is 770 g/mol. The van der Waals surface area contributed by atoms with Crippen LogP contribution in [0.25, 0.3) is 0 Å². The van der Waals surface area contributed by atoms with E-state index in [4.69, 9.17) is 24.3 Å². The number of unbranched alkanes of at least 4 members (excludes halogenated alkanes) is 18. The zero-order valence-corrected chi connectivity index (χ0v) is 39.3. The maximum atomic E-state index is 12.6. The summed E-state index contributed by atoms with van der Waals surface area (Å²) in [6.45, 7) is 4.75. The second-order valence-corrected chi connectivity index (χ2v) is 17.0. The number of hydrogen-bond acceptors (Lipinski definition) is 7. The highest BCUT2D eigenvalue weighted by atomic mass is 31.2. The number of carbonyl (C=O) groups excluding carboxylic acids is 1. The first-order chi connectivity index (χ1) is 29.4. The number of allylic oxidation sites excluding steroid dienone is 14. The normalized spacial score (nSPS) is 14.1. The lowest BCUT2D eigenvalue weighted by molar-refractivity contribution is -0.154. The number of phosphoric acid groups is 1. The summed E-state index contributed by atoms with van der Waals surface area (Å²) in [5.41, 5.74) is 5.38. The van der Waals surface area contributed by atoms with E-state index in [1.807, 2.05) is 0 Å². The fraction of sp³-hybridized carbons (Fsp3) is 0.706. The van der Waals surface area contributed by atoms with Crippen molar-refractivity contribution in [2.75, 3.05) is 33.0 Å². The Morgan fingerprint density at radius 1 is 0.517 bits per heavy atom. The van der Waals surface area contributed by atoms with Gasteiger partial charge in [-0.1, -0.05) is 182 Å². The van der Waals surface area contributed by atoms with Crippen LogP contribution in [-0.2, 0) is 27.9 Å². The Morgan fingerprint density at radius 3 is 1.40 bits per heavy atom. The van der Waals surface area contributed by atoms with Crippen LogP contribution in [-0.4, -0.2) is 49.9 Å². The van der Waals surface area contributed by atoms with Crippen LogP contribution >= 0.6 is 7.82 Å². The van der Waals surface area contributed by atoms with Gasteiger partial charge in [-0.05, 0) is 89.9 Å². The van der Waals surface area contributed by atoms with E-state index < -0.39 is 13.9 Å². The molecule has 0 aliphatic heterocycles. The highest BCUT2D eigenvalue weighted by Crippen LogP contribution is 2.43. The number of ether oxygens (including phenoxy) is 2. The Labute approximate surface area is 368 Å². The Bertz CT molecular complexity index is 1190. The fourth-order valence-electron chi connectivity index (χ4n) is 6.29. The van der Waals surface area contributed by atoms with Crippen molar-refractivity contribution < 1.29 is 32.8 Å². The van der Waals surface area contributed by atoms with Crippen molar-refractivity contribution in [2.24, 2.45) is 5.73 Å². The average molecular weight is 860 g/mol. The SMILES string of the molecule is CC/C=C\C/C=C\C/C=C\C/C=C\C/C=C\CCCCCCCCCC(=O)OC(COCCCCCCCCCC/C=C\C/C=C\CCCCC)COP(=O)(O)OCCN. The smallest absolute Gasteiger partial charge is 0.457 e. The lowest BCUT2D eigenvalue weighted by atomic mass is 10.1. The van der Waals surface area contributed by atoms with Crippen molar-refractivity contribution in [2.45, 2.75) is 200 Å². The Balaban J connectivity index is 4.04. The molecule has 0 aliphatic carbocycles. The first-order valence-corrected chi connectivity index (χ1v) is 25.6. The second kappa shape index (κ2) is 47.7. The van der Waals surface area contributed by atoms with Crippen molar-refractivity contribution in [3.05, 3.63) is 85.1 Å². The summed E-state index contributed by atoms with van der Waals surface area (Å²) in [5.74, 6) is -0.346. The minimum Gasteiger partial charge on any atom is -0.457 e. The van der Waals surface area contributed by atoms with Gasteiger partial charge < -0.3 is 20.1 Å². The molecule has 0 aromatic rings. The average Bonchev–Trinajstić information content (AvgIpc) is 3.24. The summed E-state index contributed by atoms with van der Waals surface area (Å²) in [6, 6.07) is 0. The van der Waals surface area contributed by atoms with Crippen molar-refractivity contribution in [1.29, 1.82) is 0 Å². The van der Waals surface area contributed by atoms with E-state index in [0.717, 1.165) is 83.5 Å². The van der Waals surface area contributed by atoms with Gasteiger partial charge in [-0.3, -0.25) is 13.8 Å². The lowest BCUT2D eigenvalue weighted by Gasteiger charge is -2.20. The van der Waals surface area contributed by atoms with E-state index in [0.29, 0.717) is 13.0 Å². The van der Waals surface area contributed by atoms with Crippen LogP contribution in [0, 0.1) is 0 Å². The molecule has 0 radical (unpaired) electrons. The lowest BCUT2D eigenvalue weighted by Crippen LogP contribution is -2.28. The third kappa shape index (κ3) is 46.7. The van der Waals surface area contributed by atoms with Crippen LogP contribution in [0.15, 0.2) is 85.1 Å². The summed E-state index contributed by atoms with van der Waals surface area (Å²) < 4.78 is 33.5. The van der Waals surface area contributed by atoms with Gasteiger partial charge in [0, 0.05) is 19.6 Å². The highest BCUT2D eigenvalue weighted by molar-refractivity contribution is 7.47. The van der Waals surface area contributed by atoms with Crippen LogP contribution in [0.5, 0.6) is 0 Å². The molecule has 60 heavy (non-hydrogen) atoms. The van der Waals surface area contributed by atoms with E-state index in [-0.39, 0.29) is 32.3 Å². The molecule has 0 amide bonds. The standard InChI is InChI=1S/C51H90NO7P/c1-3-5-7-9-11-13-15-17-19-21-23-24-25-26-27-28-30-32-34-36-38-40-42-44-51(53)59-50(49-58-60(54,55)57-47-45-52)48-56-46-43-41-39-37-35-33-31-29-22-20-18-16-14-12-10-8-6-4-2/h5,7,11-14,17-20,23-24,26-27,50H,3-4,6,8-10,15-16,21-22,25,28-49,52H2,1-2H3,(H,54,55)/b7-5-,13-11-,14-12-,19-17-,20-18-,24-23-,27-26-. The number of phosphoric ester groups is 1. The first-order valence-electron chi connectivity index (χ1n) is 24.1. The molecule has 0 aromatic heterocycles. The maximum Gasteiger partial charge on any atom is 0.472 e. The highest BCUT2D eigenvalue weighted by Gasteiger charge is 2.25. The molecule has 9 heteroatoms. The largest absolute Gasteiger partial charge is 0.472 e. The fourth-order valence-corrected chi connectivity index (χ4v) is 7.05. The van der Waals surface area contributed by atoms with Crippen molar-refractivity contribution in [3.8, 4) is 0 Å². The Hall–Kier alpha value is -2.32. The van der Waals surface area contributed by atoms with Gasteiger partial charge >= 0.3 is 13.8 Å². The van der Waals surface area contributed by atoms with E-state index in [2.05, 4.69) is 98.9 Å². The van der Waals surface area contributed by atoms with Crippen molar-refractivity contribution in [3.63, 3.8) is 0 Å². The maximum absolute atomic E-state index is 12.6. The minimum absolute atomic E-state index is 0.0930. The summed E-state index contributed by atoms with van der Waals surface area (Å²) in [6.07, 6.45) is 61.7. The molecule has 0 aliphatic rings. The third-order valence-corrected chi connectivity index (χ3v) is 10.8. The monoisotopic (exact) mass is 860 g/mol.